The molecule has 1 rings (SSSR count). The molecule has 0 spiro atoms. The molecule has 2 N–H and O–H groups in total. The van der Waals surface area contributed by atoms with Gasteiger partial charge in [-0.15, -0.1) is 0 Å². The topological polar surface area (TPSA) is 58.6 Å². The Kier molecular flexibility index (Phi) is 5.94. The Labute approximate surface area is 117 Å². The summed E-state index contributed by atoms with van der Waals surface area (Å²) in [6.45, 7) is 1.80. The summed E-state index contributed by atoms with van der Waals surface area (Å²) in [7, 11) is 0. The maximum Gasteiger partial charge on any atom is 0.260 e. The van der Waals surface area contributed by atoms with Crippen molar-refractivity contribution in [1.82, 2.24) is 5.32 Å². The van der Waals surface area contributed by atoms with Crippen molar-refractivity contribution in [2.75, 3.05) is 13.2 Å². The van der Waals surface area contributed by atoms with E-state index in [0.29, 0.717) is 5.75 Å². The van der Waals surface area contributed by atoms with Gasteiger partial charge in [-0.25, -0.2) is 0 Å². The highest BCUT2D eigenvalue weighted by Crippen LogP contribution is 2.28. The minimum atomic E-state index is -0.612. The van der Waals surface area contributed by atoms with Gasteiger partial charge in [0.1, 0.15) is 5.75 Å². The number of carbonyl (C=O) groups is 1. The van der Waals surface area contributed by atoms with Crippen LogP contribution in [0.5, 0.6) is 5.75 Å². The standard InChI is InChI=1S/C11H13Br2NO3/c1-7(11(16)14-4-5-15)17-10-3-2-8(12)6-9(10)13/h2-3,6-7,15H,4-5H2,1H3,(H,14,16)/t7-/m1/s1. The van der Waals surface area contributed by atoms with Gasteiger partial charge in [0.25, 0.3) is 5.91 Å². The lowest BCUT2D eigenvalue weighted by Crippen LogP contribution is -2.37. The summed E-state index contributed by atoms with van der Waals surface area (Å²) in [5, 5.41) is 11.1. The molecule has 1 amide bonds. The summed E-state index contributed by atoms with van der Waals surface area (Å²) >= 11 is 6.68. The normalized spacial score (nSPS) is 12.0. The van der Waals surface area contributed by atoms with E-state index in [-0.39, 0.29) is 19.1 Å². The smallest absolute Gasteiger partial charge is 0.260 e. The van der Waals surface area contributed by atoms with Gasteiger partial charge in [-0.3, -0.25) is 4.79 Å². The van der Waals surface area contributed by atoms with Crippen LogP contribution in [0.25, 0.3) is 0 Å². The first kappa shape index (κ1) is 14.5. The van der Waals surface area contributed by atoms with E-state index in [0.717, 1.165) is 8.95 Å². The summed E-state index contributed by atoms with van der Waals surface area (Å²) in [6, 6.07) is 5.44. The quantitative estimate of drug-likeness (QED) is 0.838. The molecule has 0 radical (unpaired) electrons. The number of hydrogen-bond donors (Lipinski definition) is 2. The molecule has 1 atom stereocenters. The third kappa shape index (κ3) is 4.65. The summed E-state index contributed by atoms with van der Waals surface area (Å²) < 4.78 is 7.19. The Hall–Kier alpha value is -0.590. The van der Waals surface area contributed by atoms with Crippen LogP contribution >= 0.6 is 31.9 Å². The van der Waals surface area contributed by atoms with Gasteiger partial charge >= 0.3 is 0 Å². The molecule has 0 bridgehead atoms. The predicted octanol–water partition coefficient (Wildman–Crippen LogP) is 2.09. The van der Waals surface area contributed by atoms with Crippen LogP contribution < -0.4 is 10.1 Å². The minimum Gasteiger partial charge on any atom is -0.480 e. The molecule has 0 aromatic heterocycles. The van der Waals surface area contributed by atoms with Crippen molar-refractivity contribution < 1.29 is 14.6 Å². The number of aliphatic hydroxyl groups is 1. The first-order chi connectivity index (χ1) is 8.04. The number of ether oxygens (including phenoxy) is 1. The second kappa shape index (κ2) is 6.98. The third-order valence-corrected chi connectivity index (χ3v) is 3.09. The van der Waals surface area contributed by atoms with Gasteiger partial charge < -0.3 is 15.2 Å². The lowest BCUT2D eigenvalue weighted by molar-refractivity contribution is -0.127. The third-order valence-electron chi connectivity index (χ3n) is 1.98. The fourth-order valence-electron chi connectivity index (χ4n) is 1.14. The van der Waals surface area contributed by atoms with Crippen molar-refractivity contribution in [2.24, 2.45) is 0 Å². The molecule has 6 heteroatoms. The molecule has 0 aliphatic rings. The summed E-state index contributed by atoms with van der Waals surface area (Å²) in [6.07, 6.45) is -0.612. The molecule has 0 saturated heterocycles. The molecule has 0 aliphatic heterocycles. The Bertz CT molecular complexity index is 398. The Balaban J connectivity index is 2.61. The van der Waals surface area contributed by atoms with Crippen LogP contribution in [-0.2, 0) is 4.79 Å². The summed E-state index contributed by atoms with van der Waals surface area (Å²) in [4.78, 5) is 11.5. The van der Waals surface area contributed by atoms with Crippen LogP contribution in [0, 0.1) is 0 Å². The van der Waals surface area contributed by atoms with Crippen molar-refractivity contribution >= 4 is 37.8 Å². The summed E-state index contributed by atoms with van der Waals surface area (Å²) in [5.41, 5.74) is 0. The van der Waals surface area contributed by atoms with E-state index in [1.165, 1.54) is 0 Å². The Morgan fingerprint density at radius 3 is 2.82 bits per heavy atom. The molecular weight excluding hydrogens is 354 g/mol. The predicted molar refractivity (Wildman–Crippen MR) is 72.0 cm³/mol. The fraction of sp³-hybridized carbons (Fsp3) is 0.364. The minimum absolute atomic E-state index is 0.0829. The summed E-state index contributed by atoms with van der Waals surface area (Å²) in [5.74, 6) is 0.341. The van der Waals surface area contributed by atoms with Crippen LogP contribution in [0.3, 0.4) is 0 Å². The first-order valence-corrected chi connectivity index (χ1v) is 6.63. The molecule has 4 nitrogen and oxygen atoms in total. The number of rotatable bonds is 5. The van der Waals surface area contributed by atoms with Crippen molar-refractivity contribution in [3.8, 4) is 5.75 Å². The molecule has 0 fully saturated rings. The zero-order valence-corrected chi connectivity index (χ0v) is 12.4. The van der Waals surface area contributed by atoms with Crippen molar-refractivity contribution in [3.05, 3.63) is 27.1 Å². The van der Waals surface area contributed by atoms with Gasteiger partial charge in [0.05, 0.1) is 11.1 Å². The van der Waals surface area contributed by atoms with E-state index >= 15 is 0 Å². The maximum absolute atomic E-state index is 11.5. The highest BCUT2D eigenvalue weighted by Gasteiger charge is 2.15. The highest BCUT2D eigenvalue weighted by molar-refractivity contribution is 9.11. The van der Waals surface area contributed by atoms with Crippen LogP contribution in [0.15, 0.2) is 27.1 Å². The van der Waals surface area contributed by atoms with Gasteiger partial charge in [0, 0.05) is 11.0 Å². The molecule has 0 unspecified atom stereocenters. The zero-order chi connectivity index (χ0) is 12.8. The number of hydrogen-bond acceptors (Lipinski definition) is 3. The molecule has 0 saturated carbocycles. The molecule has 94 valence electrons. The maximum atomic E-state index is 11.5. The number of aliphatic hydroxyl groups excluding tert-OH is 1. The Morgan fingerprint density at radius 2 is 2.24 bits per heavy atom. The SMILES string of the molecule is C[C@@H](Oc1ccc(Br)cc1Br)C(=O)NCCO. The monoisotopic (exact) mass is 365 g/mol. The first-order valence-electron chi connectivity index (χ1n) is 5.05. The Morgan fingerprint density at radius 1 is 1.53 bits per heavy atom. The van der Waals surface area contributed by atoms with Crippen LogP contribution in [0.2, 0.25) is 0 Å². The number of carbonyl (C=O) groups excluding carboxylic acids is 1. The van der Waals surface area contributed by atoms with Crippen LogP contribution in [0.1, 0.15) is 6.92 Å². The van der Waals surface area contributed by atoms with Crippen LogP contribution in [0.4, 0.5) is 0 Å². The number of halogens is 2. The second-order valence-corrected chi connectivity index (χ2v) is 5.12. The van der Waals surface area contributed by atoms with Gasteiger partial charge in [-0.05, 0) is 41.1 Å². The van der Waals surface area contributed by atoms with E-state index in [1.54, 1.807) is 13.0 Å². The second-order valence-electron chi connectivity index (χ2n) is 3.35. The molecule has 0 heterocycles. The molecular formula is C11H13Br2NO3. The lowest BCUT2D eigenvalue weighted by Gasteiger charge is -2.15. The van der Waals surface area contributed by atoms with Gasteiger partial charge in [-0.2, -0.15) is 0 Å². The van der Waals surface area contributed by atoms with Gasteiger partial charge in [-0.1, -0.05) is 15.9 Å². The van der Waals surface area contributed by atoms with E-state index in [1.807, 2.05) is 12.1 Å². The average Bonchev–Trinajstić information content (AvgIpc) is 2.29. The van der Waals surface area contributed by atoms with Crippen molar-refractivity contribution in [1.29, 1.82) is 0 Å². The molecule has 1 aromatic carbocycles. The van der Waals surface area contributed by atoms with Crippen LogP contribution in [-0.4, -0.2) is 30.3 Å². The average molecular weight is 367 g/mol. The largest absolute Gasteiger partial charge is 0.480 e. The van der Waals surface area contributed by atoms with E-state index in [2.05, 4.69) is 37.2 Å². The lowest BCUT2D eigenvalue weighted by atomic mass is 10.3. The van der Waals surface area contributed by atoms with E-state index < -0.39 is 6.10 Å². The van der Waals surface area contributed by atoms with Crippen molar-refractivity contribution in [2.45, 2.75) is 13.0 Å². The van der Waals surface area contributed by atoms with E-state index in [9.17, 15) is 4.79 Å². The number of benzene rings is 1. The number of amides is 1. The van der Waals surface area contributed by atoms with Crippen molar-refractivity contribution in [3.63, 3.8) is 0 Å². The molecule has 0 aliphatic carbocycles. The fourth-order valence-corrected chi connectivity index (χ4v) is 2.28. The van der Waals surface area contributed by atoms with E-state index in [4.69, 9.17) is 9.84 Å². The highest BCUT2D eigenvalue weighted by atomic mass is 79.9. The molecule has 1 aromatic rings. The van der Waals surface area contributed by atoms with Gasteiger partial charge in [0.2, 0.25) is 0 Å². The number of nitrogens with one attached hydrogen (secondary N) is 1. The molecule has 17 heavy (non-hydrogen) atoms. The van der Waals surface area contributed by atoms with Gasteiger partial charge in [0.15, 0.2) is 6.10 Å². The zero-order valence-electron chi connectivity index (χ0n) is 9.24.